The van der Waals surface area contributed by atoms with Crippen LogP contribution in [0.1, 0.15) is 24.1 Å². The van der Waals surface area contributed by atoms with Gasteiger partial charge in [-0.1, -0.05) is 60.1 Å². The lowest BCUT2D eigenvalue weighted by Gasteiger charge is -2.16. The second-order valence-corrected chi connectivity index (χ2v) is 6.77. The summed E-state index contributed by atoms with van der Waals surface area (Å²) in [6, 6.07) is 15.9. The van der Waals surface area contributed by atoms with Gasteiger partial charge >= 0.3 is 0 Å². The molecule has 3 nitrogen and oxygen atoms in total. The zero-order chi connectivity index (χ0) is 14.6. The summed E-state index contributed by atoms with van der Waals surface area (Å²) in [6.45, 7) is 1.78. The number of nitrogens with one attached hydrogen (secondary N) is 1. The summed E-state index contributed by atoms with van der Waals surface area (Å²) in [4.78, 5) is 0. The molecule has 0 fully saturated rings. The first kappa shape index (κ1) is 15.0. The summed E-state index contributed by atoms with van der Waals surface area (Å²) >= 11 is 6.07. The maximum atomic E-state index is 12.1. The first-order valence-electron chi connectivity index (χ1n) is 6.26. The van der Waals surface area contributed by atoms with Gasteiger partial charge in [0.15, 0.2) is 0 Å². The van der Waals surface area contributed by atoms with E-state index in [1.165, 1.54) is 0 Å². The molecule has 0 unspecified atom stereocenters. The second kappa shape index (κ2) is 6.39. The third-order valence-electron chi connectivity index (χ3n) is 2.93. The Morgan fingerprint density at radius 1 is 1.05 bits per heavy atom. The number of benzene rings is 2. The molecule has 0 amide bonds. The molecule has 2 aromatic carbocycles. The smallest absolute Gasteiger partial charge is 0.212 e. The molecule has 20 heavy (non-hydrogen) atoms. The SMILES string of the molecule is C[C@@H](NS(=O)(=O)Cc1ccccc1)c1ccccc1Cl. The van der Waals surface area contributed by atoms with E-state index >= 15 is 0 Å². The summed E-state index contributed by atoms with van der Waals surface area (Å²) in [5.41, 5.74) is 1.53. The highest BCUT2D eigenvalue weighted by Crippen LogP contribution is 2.23. The van der Waals surface area contributed by atoms with E-state index in [4.69, 9.17) is 11.6 Å². The predicted octanol–water partition coefficient (Wildman–Crippen LogP) is 3.52. The van der Waals surface area contributed by atoms with Crippen LogP contribution in [0.2, 0.25) is 5.02 Å². The monoisotopic (exact) mass is 309 g/mol. The first-order chi connectivity index (χ1) is 9.48. The maximum Gasteiger partial charge on any atom is 0.216 e. The van der Waals surface area contributed by atoms with Crippen LogP contribution in [0.3, 0.4) is 0 Å². The van der Waals surface area contributed by atoms with Gasteiger partial charge in [0, 0.05) is 11.1 Å². The minimum absolute atomic E-state index is 0.0391. The summed E-state index contributed by atoms with van der Waals surface area (Å²) < 4.78 is 26.9. The van der Waals surface area contributed by atoms with Crippen LogP contribution < -0.4 is 4.72 Å². The van der Waals surface area contributed by atoms with Gasteiger partial charge < -0.3 is 0 Å². The van der Waals surface area contributed by atoms with Crippen molar-refractivity contribution in [2.24, 2.45) is 0 Å². The summed E-state index contributed by atoms with van der Waals surface area (Å²) in [7, 11) is -3.41. The first-order valence-corrected chi connectivity index (χ1v) is 8.29. The third-order valence-corrected chi connectivity index (χ3v) is 4.70. The van der Waals surface area contributed by atoms with E-state index in [0.29, 0.717) is 5.02 Å². The quantitative estimate of drug-likeness (QED) is 0.918. The lowest BCUT2D eigenvalue weighted by molar-refractivity contribution is 0.566. The van der Waals surface area contributed by atoms with Gasteiger partial charge in [-0.05, 0) is 24.1 Å². The molecule has 0 spiro atoms. The van der Waals surface area contributed by atoms with Crippen molar-refractivity contribution >= 4 is 21.6 Å². The van der Waals surface area contributed by atoms with Crippen LogP contribution in [0.15, 0.2) is 54.6 Å². The van der Waals surface area contributed by atoms with Gasteiger partial charge in [0.2, 0.25) is 10.0 Å². The average Bonchev–Trinajstić information content (AvgIpc) is 2.39. The van der Waals surface area contributed by atoms with Crippen molar-refractivity contribution in [3.8, 4) is 0 Å². The zero-order valence-corrected chi connectivity index (χ0v) is 12.7. The molecule has 0 saturated carbocycles. The van der Waals surface area contributed by atoms with Gasteiger partial charge in [0.1, 0.15) is 0 Å². The highest BCUT2D eigenvalue weighted by Gasteiger charge is 2.17. The summed E-state index contributed by atoms with van der Waals surface area (Å²) in [5, 5.41) is 0.558. The lowest BCUT2D eigenvalue weighted by Crippen LogP contribution is -2.28. The van der Waals surface area contributed by atoms with Crippen LogP contribution >= 0.6 is 11.6 Å². The molecule has 1 N–H and O–H groups in total. The van der Waals surface area contributed by atoms with E-state index in [0.717, 1.165) is 11.1 Å². The molecular weight excluding hydrogens is 294 g/mol. The Morgan fingerprint density at radius 2 is 1.65 bits per heavy atom. The van der Waals surface area contributed by atoms with Gasteiger partial charge in [-0.3, -0.25) is 0 Å². The Morgan fingerprint density at radius 3 is 2.30 bits per heavy atom. The molecule has 2 aromatic rings. The topological polar surface area (TPSA) is 46.2 Å². The van der Waals surface area contributed by atoms with E-state index in [1.54, 1.807) is 25.1 Å². The zero-order valence-electron chi connectivity index (χ0n) is 11.1. The second-order valence-electron chi connectivity index (χ2n) is 4.61. The maximum absolute atomic E-state index is 12.1. The van der Waals surface area contributed by atoms with E-state index < -0.39 is 10.0 Å². The van der Waals surface area contributed by atoms with Crippen molar-refractivity contribution in [2.45, 2.75) is 18.7 Å². The summed E-state index contributed by atoms with van der Waals surface area (Å²) in [6.07, 6.45) is 0. The fourth-order valence-corrected chi connectivity index (χ4v) is 3.67. The highest BCUT2D eigenvalue weighted by atomic mass is 35.5. The minimum Gasteiger partial charge on any atom is -0.212 e. The number of hydrogen-bond donors (Lipinski definition) is 1. The van der Waals surface area contributed by atoms with E-state index in [9.17, 15) is 8.42 Å². The fraction of sp³-hybridized carbons (Fsp3) is 0.200. The Hall–Kier alpha value is -1.36. The van der Waals surface area contributed by atoms with Crippen LogP contribution in [0.25, 0.3) is 0 Å². The van der Waals surface area contributed by atoms with E-state index in [1.807, 2.05) is 36.4 Å². The van der Waals surface area contributed by atoms with Crippen molar-refractivity contribution < 1.29 is 8.42 Å². The van der Waals surface area contributed by atoms with E-state index in [2.05, 4.69) is 4.72 Å². The van der Waals surface area contributed by atoms with Crippen LogP contribution in [-0.2, 0) is 15.8 Å². The van der Waals surface area contributed by atoms with E-state index in [-0.39, 0.29) is 11.8 Å². The van der Waals surface area contributed by atoms with Gasteiger partial charge in [0.25, 0.3) is 0 Å². The van der Waals surface area contributed by atoms with Crippen molar-refractivity contribution in [2.75, 3.05) is 0 Å². The minimum atomic E-state index is -3.41. The number of sulfonamides is 1. The Kier molecular flexibility index (Phi) is 4.81. The molecule has 0 radical (unpaired) electrons. The molecule has 5 heteroatoms. The average molecular weight is 310 g/mol. The molecule has 0 saturated heterocycles. The van der Waals surface area contributed by atoms with Crippen molar-refractivity contribution in [1.29, 1.82) is 0 Å². The van der Waals surface area contributed by atoms with Crippen LogP contribution in [-0.4, -0.2) is 8.42 Å². The Bertz CT molecular complexity index is 671. The highest BCUT2D eigenvalue weighted by molar-refractivity contribution is 7.88. The lowest BCUT2D eigenvalue weighted by atomic mass is 10.1. The molecule has 0 aliphatic rings. The van der Waals surface area contributed by atoms with Crippen LogP contribution in [0.4, 0.5) is 0 Å². The van der Waals surface area contributed by atoms with Crippen molar-refractivity contribution in [1.82, 2.24) is 4.72 Å². The summed E-state index contributed by atoms with van der Waals surface area (Å²) in [5.74, 6) is -0.0391. The Labute approximate surface area is 124 Å². The molecule has 0 bridgehead atoms. The van der Waals surface area contributed by atoms with Crippen LogP contribution in [0.5, 0.6) is 0 Å². The molecule has 0 aromatic heterocycles. The van der Waals surface area contributed by atoms with Gasteiger partial charge in [-0.25, -0.2) is 13.1 Å². The standard InChI is InChI=1S/C15H16ClNO2S/c1-12(14-9-5-6-10-15(14)16)17-20(18,19)11-13-7-3-2-4-8-13/h2-10,12,17H,11H2,1H3/t12-/m1/s1. The molecule has 0 heterocycles. The van der Waals surface area contributed by atoms with Crippen molar-refractivity contribution in [3.63, 3.8) is 0 Å². The third kappa shape index (κ3) is 4.07. The predicted molar refractivity (Wildman–Crippen MR) is 82.1 cm³/mol. The molecule has 1 atom stereocenters. The molecule has 0 aliphatic carbocycles. The fourth-order valence-electron chi connectivity index (χ4n) is 1.99. The van der Waals surface area contributed by atoms with Gasteiger partial charge in [-0.15, -0.1) is 0 Å². The largest absolute Gasteiger partial charge is 0.216 e. The normalized spacial score (nSPS) is 13.1. The Balaban J connectivity index is 2.11. The molecule has 0 aliphatic heterocycles. The number of rotatable bonds is 5. The molecule has 106 valence electrons. The van der Waals surface area contributed by atoms with Crippen LogP contribution in [0, 0.1) is 0 Å². The number of hydrogen-bond acceptors (Lipinski definition) is 2. The number of halogens is 1. The molecule has 2 rings (SSSR count). The van der Waals surface area contributed by atoms with Crippen molar-refractivity contribution in [3.05, 3.63) is 70.7 Å². The van der Waals surface area contributed by atoms with Gasteiger partial charge in [0.05, 0.1) is 5.75 Å². The van der Waals surface area contributed by atoms with Gasteiger partial charge in [-0.2, -0.15) is 0 Å². The molecular formula is C15H16ClNO2S.